The van der Waals surface area contributed by atoms with Gasteiger partial charge >= 0.3 is 0 Å². The molecule has 1 nitrogen and oxygen atoms in total. The van der Waals surface area contributed by atoms with Crippen molar-refractivity contribution in [3.8, 4) is 24.2 Å². The molecule has 0 amide bonds. The molecule has 1 rings (SSSR count). The SMILES string of the molecule is C#CC(=C)CC(O)C#Cc1ccccc1. The van der Waals surface area contributed by atoms with Crippen LogP contribution in [0.3, 0.4) is 0 Å². The van der Waals surface area contributed by atoms with Crippen molar-refractivity contribution in [2.45, 2.75) is 12.5 Å². The first kappa shape index (κ1) is 11.1. The molecule has 1 aromatic carbocycles. The van der Waals surface area contributed by atoms with Gasteiger partial charge in [-0.1, -0.05) is 42.5 Å². The van der Waals surface area contributed by atoms with Crippen molar-refractivity contribution in [2.75, 3.05) is 0 Å². The van der Waals surface area contributed by atoms with Gasteiger partial charge in [-0.05, 0) is 17.7 Å². The van der Waals surface area contributed by atoms with Crippen LogP contribution in [0.5, 0.6) is 0 Å². The predicted octanol–water partition coefficient (Wildman–Crippen LogP) is 1.98. The third-order valence-corrected chi connectivity index (χ3v) is 1.80. The van der Waals surface area contributed by atoms with Crippen LogP contribution < -0.4 is 0 Å². The topological polar surface area (TPSA) is 20.2 Å². The van der Waals surface area contributed by atoms with E-state index in [9.17, 15) is 5.11 Å². The molecule has 1 aromatic rings. The van der Waals surface area contributed by atoms with Gasteiger partial charge in [-0.25, -0.2) is 0 Å². The van der Waals surface area contributed by atoms with Crippen molar-refractivity contribution < 1.29 is 5.11 Å². The molecular formula is C14H12O. The average Bonchev–Trinajstić information content (AvgIpc) is 2.27. The van der Waals surface area contributed by atoms with Crippen molar-refractivity contribution >= 4 is 0 Å². The van der Waals surface area contributed by atoms with Gasteiger partial charge in [0.25, 0.3) is 0 Å². The van der Waals surface area contributed by atoms with E-state index in [4.69, 9.17) is 6.42 Å². The molecule has 0 aromatic heterocycles. The van der Waals surface area contributed by atoms with E-state index in [0.717, 1.165) is 5.56 Å². The normalized spacial score (nSPS) is 10.7. The highest BCUT2D eigenvalue weighted by Crippen LogP contribution is 2.01. The molecule has 0 aliphatic heterocycles. The zero-order valence-electron chi connectivity index (χ0n) is 8.40. The molecule has 0 bridgehead atoms. The zero-order chi connectivity index (χ0) is 11.1. The Bertz CT molecular complexity index is 426. The maximum absolute atomic E-state index is 9.48. The Kier molecular flexibility index (Phi) is 4.23. The highest BCUT2D eigenvalue weighted by atomic mass is 16.3. The average molecular weight is 196 g/mol. The molecule has 0 aliphatic rings. The van der Waals surface area contributed by atoms with Crippen LogP contribution in [0.25, 0.3) is 0 Å². The van der Waals surface area contributed by atoms with Gasteiger partial charge in [0.15, 0.2) is 0 Å². The zero-order valence-corrected chi connectivity index (χ0v) is 8.40. The largest absolute Gasteiger partial charge is 0.380 e. The van der Waals surface area contributed by atoms with Crippen LogP contribution in [0.2, 0.25) is 0 Å². The first-order chi connectivity index (χ1) is 7.22. The fourth-order valence-electron chi connectivity index (χ4n) is 1.03. The second-order valence-corrected chi connectivity index (χ2v) is 3.10. The molecular weight excluding hydrogens is 184 g/mol. The van der Waals surface area contributed by atoms with E-state index in [2.05, 4.69) is 24.3 Å². The molecule has 0 saturated carbocycles. The summed E-state index contributed by atoms with van der Waals surface area (Å²) in [6, 6.07) is 9.49. The molecule has 1 atom stereocenters. The first-order valence-corrected chi connectivity index (χ1v) is 4.61. The van der Waals surface area contributed by atoms with Crippen LogP contribution in [-0.4, -0.2) is 11.2 Å². The van der Waals surface area contributed by atoms with E-state index in [1.165, 1.54) is 0 Å². The summed E-state index contributed by atoms with van der Waals surface area (Å²) in [7, 11) is 0. The fourth-order valence-corrected chi connectivity index (χ4v) is 1.03. The Hall–Kier alpha value is -1.96. The summed E-state index contributed by atoms with van der Waals surface area (Å²) in [5.41, 5.74) is 1.44. The van der Waals surface area contributed by atoms with E-state index in [-0.39, 0.29) is 0 Å². The lowest BCUT2D eigenvalue weighted by Gasteiger charge is -1.99. The van der Waals surface area contributed by atoms with Gasteiger partial charge in [0.05, 0.1) is 0 Å². The van der Waals surface area contributed by atoms with Gasteiger partial charge in [0, 0.05) is 12.0 Å². The Balaban J connectivity index is 2.59. The quantitative estimate of drug-likeness (QED) is 0.717. The highest BCUT2D eigenvalue weighted by molar-refractivity contribution is 5.35. The minimum Gasteiger partial charge on any atom is -0.380 e. The molecule has 1 unspecified atom stereocenters. The van der Waals surface area contributed by atoms with Crippen LogP contribution in [0.15, 0.2) is 42.5 Å². The number of aliphatic hydroxyl groups is 1. The van der Waals surface area contributed by atoms with Crippen molar-refractivity contribution in [3.63, 3.8) is 0 Å². The van der Waals surface area contributed by atoms with Crippen molar-refractivity contribution in [1.29, 1.82) is 0 Å². The van der Waals surface area contributed by atoms with Crippen LogP contribution in [0, 0.1) is 24.2 Å². The Morgan fingerprint density at radius 2 is 2.07 bits per heavy atom. The van der Waals surface area contributed by atoms with E-state index in [0.29, 0.717) is 12.0 Å². The molecule has 0 radical (unpaired) electrons. The number of benzene rings is 1. The Morgan fingerprint density at radius 3 is 2.67 bits per heavy atom. The van der Waals surface area contributed by atoms with Gasteiger partial charge in [-0.2, -0.15) is 0 Å². The van der Waals surface area contributed by atoms with Crippen LogP contribution in [0.4, 0.5) is 0 Å². The van der Waals surface area contributed by atoms with Gasteiger partial charge in [0.1, 0.15) is 6.10 Å². The minimum atomic E-state index is -0.742. The minimum absolute atomic E-state index is 0.330. The van der Waals surface area contributed by atoms with Crippen molar-refractivity contribution in [3.05, 3.63) is 48.0 Å². The van der Waals surface area contributed by atoms with Gasteiger partial charge in [0.2, 0.25) is 0 Å². The van der Waals surface area contributed by atoms with Crippen LogP contribution >= 0.6 is 0 Å². The summed E-state index contributed by atoms with van der Waals surface area (Å²) < 4.78 is 0. The maximum atomic E-state index is 9.48. The lowest BCUT2D eigenvalue weighted by Crippen LogP contribution is -2.03. The molecule has 0 aliphatic carbocycles. The summed E-state index contributed by atoms with van der Waals surface area (Å²) in [4.78, 5) is 0. The molecule has 15 heavy (non-hydrogen) atoms. The third kappa shape index (κ3) is 4.18. The number of hydrogen-bond acceptors (Lipinski definition) is 1. The smallest absolute Gasteiger partial charge is 0.119 e. The van der Waals surface area contributed by atoms with Gasteiger partial charge in [-0.15, -0.1) is 6.42 Å². The van der Waals surface area contributed by atoms with E-state index in [1.807, 2.05) is 30.3 Å². The number of hydrogen-bond donors (Lipinski definition) is 1. The summed E-state index contributed by atoms with van der Waals surface area (Å²) >= 11 is 0. The van der Waals surface area contributed by atoms with Gasteiger partial charge < -0.3 is 5.11 Å². The van der Waals surface area contributed by atoms with Crippen molar-refractivity contribution in [2.24, 2.45) is 0 Å². The lowest BCUT2D eigenvalue weighted by atomic mass is 10.1. The van der Waals surface area contributed by atoms with Crippen LogP contribution in [0.1, 0.15) is 12.0 Å². The Morgan fingerprint density at radius 1 is 1.40 bits per heavy atom. The number of aliphatic hydroxyl groups excluding tert-OH is 1. The fraction of sp³-hybridized carbons (Fsp3) is 0.143. The predicted molar refractivity (Wildman–Crippen MR) is 61.9 cm³/mol. The molecule has 0 heterocycles. The molecule has 74 valence electrons. The summed E-state index contributed by atoms with van der Waals surface area (Å²) in [5, 5.41) is 9.48. The van der Waals surface area contributed by atoms with E-state index >= 15 is 0 Å². The van der Waals surface area contributed by atoms with Gasteiger partial charge in [-0.3, -0.25) is 0 Å². The number of rotatable bonds is 2. The third-order valence-electron chi connectivity index (χ3n) is 1.80. The van der Waals surface area contributed by atoms with E-state index < -0.39 is 6.10 Å². The van der Waals surface area contributed by atoms with Crippen LogP contribution in [-0.2, 0) is 0 Å². The summed E-state index contributed by atoms with van der Waals surface area (Å²) in [5.74, 6) is 7.95. The second-order valence-electron chi connectivity index (χ2n) is 3.10. The molecule has 1 heteroatoms. The summed E-state index contributed by atoms with van der Waals surface area (Å²) in [6.45, 7) is 3.60. The molecule has 0 fully saturated rings. The molecule has 0 spiro atoms. The standard InChI is InChI=1S/C14H12O/c1-3-12(2)11-14(15)10-9-13-7-5-4-6-8-13/h1,4-8,14-15H,2,11H2. The highest BCUT2D eigenvalue weighted by Gasteiger charge is 1.99. The second kappa shape index (κ2) is 5.70. The monoisotopic (exact) mass is 196 g/mol. The molecule has 1 N–H and O–H groups in total. The molecule has 0 saturated heterocycles. The Labute approximate surface area is 90.5 Å². The van der Waals surface area contributed by atoms with E-state index in [1.54, 1.807) is 0 Å². The lowest BCUT2D eigenvalue weighted by molar-refractivity contribution is 0.234. The maximum Gasteiger partial charge on any atom is 0.119 e. The number of terminal acetylenes is 1. The summed E-state index contributed by atoms with van der Waals surface area (Å²) in [6.07, 6.45) is 4.71. The van der Waals surface area contributed by atoms with Crippen molar-refractivity contribution in [1.82, 2.24) is 0 Å². The first-order valence-electron chi connectivity index (χ1n) is 4.61.